The molecular formula is C26H28F2N2O2. The van der Waals surface area contributed by atoms with Gasteiger partial charge in [0.15, 0.2) is 0 Å². The van der Waals surface area contributed by atoms with Crippen LogP contribution in [0.2, 0.25) is 0 Å². The van der Waals surface area contributed by atoms with Gasteiger partial charge in [-0.2, -0.15) is 0 Å². The van der Waals surface area contributed by atoms with Crippen molar-refractivity contribution in [3.8, 4) is 11.1 Å². The Morgan fingerprint density at radius 2 is 1.56 bits per heavy atom. The van der Waals surface area contributed by atoms with Gasteiger partial charge in [0.25, 0.3) is 0 Å². The van der Waals surface area contributed by atoms with Crippen LogP contribution in [0.25, 0.3) is 11.1 Å². The number of rotatable bonds is 6. The van der Waals surface area contributed by atoms with Gasteiger partial charge in [0.2, 0.25) is 11.8 Å². The van der Waals surface area contributed by atoms with E-state index in [1.54, 1.807) is 24.3 Å². The third kappa shape index (κ3) is 4.03. The van der Waals surface area contributed by atoms with E-state index in [2.05, 4.69) is 10.6 Å². The van der Waals surface area contributed by atoms with Crippen LogP contribution in [0.1, 0.15) is 44.9 Å². The molecule has 168 valence electrons. The smallest absolute Gasteiger partial charge is 0.226 e. The van der Waals surface area contributed by atoms with Crippen molar-refractivity contribution < 1.29 is 18.4 Å². The van der Waals surface area contributed by atoms with E-state index in [1.807, 2.05) is 6.07 Å². The average molecular weight is 439 g/mol. The Labute approximate surface area is 186 Å². The zero-order valence-corrected chi connectivity index (χ0v) is 18.0. The SMILES string of the molecule is O=C(CCNC(=O)C12CC3CC(CC(C3)C1)C2)Nc1c(F)cc(F)cc1-c1ccccc1. The Morgan fingerprint density at radius 1 is 0.938 bits per heavy atom. The van der Waals surface area contributed by atoms with Crippen LogP contribution in [0.3, 0.4) is 0 Å². The Kier molecular flexibility index (Phi) is 5.48. The Balaban J connectivity index is 1.21. The Hall–Kier alpha value is -2.76. The monoisotopic (exact) mass is 438 g/mol. The molecule has 0 spiro atoms. The maximum absolute atomic E-state index is 14.5. The number of hydrogen-bond donors (Lipinski definition) is 2. The second kappa shape index (κ2) is 8.30. The van der Waals surface area contributed by atoms with E-state index in [4.69, 9.17) is 0 Å². The lowest BCUT2D eigenvalue weighted by atomic mass is 9.49. The summed E-state index contributed by atoms with van der Waals surface area (Å²) < 4.78 is 28.3. The lowest BCUT2D eigenvalue weighted by molar-refractivity contribution is -0.146. The molecule has 4 bridgehead atoms. The highest BCUT2D eigenvalue weighted by Crippen LogP contribution is 2.60. The van der Waals surface area contributed by atoms with Crippen LogP contribution in [0, 0.1) is 34.8 Å². The number of anilines is 1. The molecule has 0 aromatic heterocycles. The van der Waals surface area contributed by atoms with Gasteiger partial charge in [-0.15, -0.1) is 0 Å². The molecule has 4 fully saturated rings. The van der Waals surface area contributed by atoms with E-state index in [1.165, 1.54) is 25.3 Å². The van der Waals surface area contributed by atoms with Crippen molar-refractivity contribution in [3.63, 3.8) is 0 Å². The number of nitrogens with one attached hydrogen (secondary N) is 2. The molecular weight excluding hydrogens is 410 g/mol. The minimum Gasteiger partial charge on any atom is -0.355 e. The molecule has 4 nitrogen and oxygen atoms in total. The molecule has 4 aliphatic rings. The number of halogens is 2. The van der Waals surface area contributed by atoms with E-state index in [9.17, 15) is 18.4 Å². The summed E-state index contributed by atoms with van der Waals surface area (Å²) in [5, 5.41) is 5.55. The minimum atomic E-state index is -0.824. The fourth-order valence-electron chi connectivity index (χ4n) is 6.61. The number of carbonyl (C=O) groups excluding carboxylic acids is 2. The van der Waals surface area contributed by atoms with Crippen LogP contribution >= 0.6 is 0 Å². The molecule has 6 rings (SSSR count). The standard InChI is InChI=1S/C26H28F2N2O2/c27-20-11-21(19-4-2-1-3-5-19)24(22(28)12-20)30-23(31)6-7-29-25(32)26-13-16-8-17(14-26)10-18(9-16)15-26/h1-5,11-12,16-18H,6-10,13-15H2,(H,29,32)(H,30,31). The molecule has 2 aromatic carbocycles. The molecule has 2 amide bonds. The summed E-state index contributed by atoms with van der Waals surface area (Å²) >= 11 is 0. The van der Waals surface area contributed by atoms with Gasteiger partial charge in [-0.05, 0) is 67.9 Å². The predicted octanol–water partition coefficient (Wildman–Crippen LogP) is 5.29. The Morgan fingerprint density at radius 3 is 2.19 bits per heavy atom. The van der Waals surface area contributed by atoms with Gasteiger partial charge in [-0.3, -0.25) is 9.59 Å². The summed E-state index contributed by atoms with van der Waals surface area (Å²) in [6.45, 7) is 0.204. The summed E-state index contributed by atoms with van der Waals surface area (Å²) in [5.41, 5.74) is 0.592. The topological polar surface area (TPSA) is 58.2 Å². The van der Waals surface area contributed by atoms with E-state index in [-0.39, 0.29) is 35.5 Å². The van der Waals surface area contributed by atoms with Crippen molar-refractivity contribution in [2.75, 3.05) is 11.9 Å². The second-order valence-corrected chi connectivity index (χ2v) is 9.93. The number of amides is 2. The molecule has 0 radical (unpaired) electrons. The first-order chi connectivity index (χ1) is 15.4. The van der Waals surface area contributed by atoms with Crippen LogP contribution in [-0.2, 0) is 9.59 Å². The van der Waals surface area contributed by atoms with Crippen molar-refractivity contribution in [2.45, 2.75) is 44.9 Å². The quantitative estimate of drug-likeness (QED) is 0.644. The summed E-state index contributed by atoms with van der Waals surface area (Å²) in [7, 11) is 0. The molecule has 2 aromatic rings. The van der Waals surface area contributed by atoms with E-state index in [0.717, 1.165) is 25.3 Å². The third-order valence-electron chi connectivity index (χ3n) is 7.56. The maximum Gasteiger partial charge on any atom is 0.226 e. The first kappa shape index (κ1) is 21.1. The normalized spacial score (nSPS) is 27.9. The van der Waals surface area contributed by atoms with Crippen LogP contribution in [0.15, 0.2) is 42.5 Å². The van der Waals surface area contributed by atoms with Gasteiger partial charge in [0.1, 0.15) is 11.6 Å². The van der Waals surface area contributed by atoms with Crippen molar-refractivity contribution in [3.05, 3.63) is 54.1 Å². The largest absolute Gasteiger partial charge is 0.355 e. The maximum atomic E-state index is 14.5. The molecule has 0 unspecified atom stereocenters. The summed E-state index contributed by atoms with van der Waals surface area (Å²) in [6, 6.07) is 10.8. The van der Waals surface area contributed by atoms with Gasteiger partial charge >= 0.3 is 0 Å². The molecule has 32 heavy (non-hydrogen) atoms. The van der Waals surface area contributed by atoms with Crippen LogP contribution in [0.4, 0.5) is 14.5 Å². The van der Waals surface area contributed by atoms with Crippen LogP contribution < -0.4 is 10.6 Å². The van der Waals surface area contributed by atoms with Crippen molar-refractivity contribution >= 4 is 17.5 Å². The third-order valence-corrected chi connectivity index (χ3v) is 7.56. The summed E-state index contributed by atoms with van der Waals surface area (Å²) in [5.74, 6) is 0.146. The van der Waals surface area contributed by atoms with Gasteiger partial charge < -0.3 is 10.6 Å². The van der Waals surface area contributed by atoms with Crippen LogP contribution in [0.5, 0.6) is 0 Å². The zero-order valence-electron chi connectivity index (χ0n) is 18.0. The molecule has 0 aliphatic heterocycles. The van der Waals surface area contributed by atoms with Crippen molar-refractivity contribution in [1.82, 2.24) is 5.32 Å². The Bertz CT molecular complexity index is 1000. The lowest BCUT2D eigenvalue weighted by Gasteiger charge is -2.55. The van der Waals surface area contributed by atoms with E-state index < -0.39 is 17.5 Å². The first-order valence-corrected chi connectivity index (χ1v) is 11.5. The molecule has 0 atom stereocenters. The number of benzene rings is 2. The van der Waals surface area contributed by atoms with Gasteiger partial charge in [-0.1, -0.05) is 30.3 Å². The molecule has 0 heterocycles. The van der Waals surface area contributed by atoms with Gasteiger partial charge in [0.05, 0.1) is 5.69 Å². The van der Waals surface area contributed by atoms with E-state index in [0.29, 0.717) is 23.3 Å². The van der Waals surface area contributed by atoms with Crippen molar-refractivity contribution in [1.29, 1.82) is 0 Å². The summed E-state index contributed by atoms with van der Waals surface area (Å²) in [4.78, 5) is 25.6. The minimum absolute atomic E-state index is 0.0309. The molecule has 2 N–H and O–H groups in total. The predicted molar refractivity (Wildman–Crippen MR) is 119 cm³/mol. The first-order valence-electron chi connectivity index (χ1n) is 11.5. The zero-order chi connectivity index (χ0) is 22.3. The fraction of sp³-hybridized carbons (Fsp3) is 0.462. The number of carbonyl (C=O) groups is 2. The summed E-state index contributed by atoms with van der Waals surface area (Å²) in [6.07, 6.45) is 6.74. The molecule has 6 heteroatoms. The van der Waals surface area contributed by atoms with Crippen LogP contribution in [-0.4, -0.2) is 18.4 Å². The average Bonchev–Trinajstić information content (AvgIpc) is 2.75. The van der Waals surface area contributed by atoms with E-state index >= 15 is 0 Å². The molecule has 0 saturated heterocycles. The highest BCUT2D eigenvalue weighted by Gasteiger charge is 2.54. The molecule has 4 aliphatic carbocycles. The lowest BCUT2D eigenvalue weighted by Crippen LogP contribution is -2.53. The highest BCUT2D eigenvalue weighted by atomic mass is 19.1. The fourth-order valence-corrected chi connectivity index (χ4v) is 6.61. The molecule has 4 saturated carbocycles. The van der Waals surface area contributed by atoms with Crippen molar-refractivity contribution in [2.24, 2.45) is 23.2 Å². The highest BCUT2D eigenvalue weighted by molar-refractivity contribution is 5.96. The second-order valence-electron chi connectivity index (χ2n) is 9.93. The number of hydrogen-bond acceptors (Lipinski definition) is 2. The van der Waals surface area contributed by atoms with Gasteiger partial charge in [0, 0.05) is 30.0 Å². The van der Waals surface area contributed by atoms with Gasteiger partial charge in [-0.25, -0.2) is 8.78 Å².